The minimum absolute atomic E-state index is 0.0299. The first-order chi connectivity index (χ1) is 28.9. The lowest BCUT2D eigenvalue weighted by atomic mass is 9.84. The Morgan fingerprint density at radius 2 is 1.10 bits per heavy atom. The van der Waals surface area contributed by atoms with Crippen molar-refractivity contribution in [1.82, 2.24) is 10.6 Å². The van der Waals surface area contributed by atoms with Crippen LogP contribution in [0, 0.1) is 5.92 Å². The molecule has 2 amide bonds. The standard InChI is InChI=1S/C50H62N2O8S/c1-9-20-35-27-29-36(30-28-35)33-58-46(56)42(34-61-50(38-21-14-11-15-22-38,39-23-16-12-17-24-39)40-25-18-13-19-26-40)51-45(55)37(32-44(54)59-48(3,4)5)31-43(53)41(10-2)52-47(57)60-49(6,7)8/h11-19,21-30,37,41-42H,9-10,20,31-34H2,1-8H3,(H,51,55)(H,52,57)/t37-,41-,42-/m0/s1. The minimum Gasteiger partial charge on any atom is -0.460 e. The molecule has 0 aliphatic rings. The molecule has 61 heavy (non-hydrogen) atoms. The molecule has 0 saturated carbocycles. The molecule has 3 atom stereocenters. The van der Waals surface area contributed by atoms with Crippen molar-refractivity contribution < 1.29 is 38.2 Å². The molecule has 4 aromatic carbocycles. The SMILES string of the molecule is CCCc1ccc(COC(=O)[C@H](CSC(c2ccccc2)(c2ccccc2)c2ccccc2)NC(=O)[C@H](CC(=O)OC(C)(C)C)CC(=O)[C@H](CC)NC(=O)OC(C)(C)C)cc1. The molecule has 0 fully saturated rings. The number of Topliss-reactive ketones (excluding diaryl/α,β-unsaturated/α-hetero) is 1. The van der Waals surface area contributed by atoms with Crippen LogP contribution in [-0.2, 0) is 51.2 Å². The summed E-state index contributed by atoms with van der Waals surface area (Å²) in [6.07, 6.45) is 0.507. The van der Waals surface area contributed by atoms with E-state index in [9.17, 15) is 24.0 Å². The van der Waals surface area contributed by atoms with E-state index in [0.29, 0.717) is 0 Å². The first-order valence-corrected chi connectivity index (χ1v) is 22.0. The molecule has 0 radical (unpaired) electrons. The molecule has 2 N–H and O–H groups in total. The summed E-state index contributed by atoms with van der Waals surface area (Å²) in [5, 5.41) is 5.51. The second-order valence-electron chi connectivity index (χ2n) is 17.1. The number of aryl methyl sites for hydroxylation is 1. The molecular weight excluding hydrogens is 789 g/mol. The molecule has 326 valence electrons. The molecule has 0 heterocycles. The highest BCUT2D eigenvalue weighted by atomic mass is 32.2. The highest BCUT2D eigenvalue weighted by molar-refractivity contribution is 8.00. The van der Waals surface area contributed by atoms with Gasteiger partial charge in [-0.15, -0.1) is 11.8 Å². The van der Waals surface area contributed by atoms with Gasteiger partial charge >= 0.3 is 18.0 Å². The second-order valence-corrected chi connectivity index (χ2v) is 18.3. The van der Waals surface area contributed by atoms with Crippen molar-refractivity contribution in [1.29, 1.82) is 0 Å². The van der Waals surface area contributed by atoms with Gasteiger partial charge in [0, 0.05) is 12.2 Å². The number of carbonyl (C=O) groups is 5. The molecular formula is C50H62N2O8S. The van der Waals surface area contributed by atoms with E-state index in [1.807, 2.05) is 115 Å². The van der Waals surface area contributed by atoms with Crippen molar-refractivity contribution in [2.24, 2.45) is 5.92 Å². The summed E-state index contributed by atoms with van der Waals surface area (Å²) in [4.78, 5) is 68.7. The Labute approximate surface area is 365 Å². The van der Waals surface area contributed by atoms with E-state index in [-0.39, 0.29) is 18.8 Å². The predicted molar refractivity (Wildman–Crippen MR) is 241 cm³/mol. The van der Waals surface area contributed by atoms with Crippen LogP contribution in [0.1, 0.15) is 109 Å². The number of esters is 2. The molecule has 0 unspecified atom stereocenters. The zero-order chi connectivity index (χ0) is 44.6. The Morgan fingerprint density at radius 3 is 1.56 bits per heavy atom. The number of thioether (sulfide) groups is 1. The van der Waals surface area contributed by atoms with Gasteiger partial charge < -0.3 is 24.8 Å². The van der Waals surface area contributed by atoms with E-state index >= 15 is 0 Å². The van der Waals surface area contributed by atoms with Crippen LogP contribution in [0.4, 0.5) is 4.79 Å². The van der Waals surface area contributed by atoms with Gasteiger partial charge in [0.1, 0.15) is 23.9 Å². The third kappa shape index (κ3) is 14.9. The normalized spacial score (nSPS) is 13.2. The monoisotopic (exact) mass is 850 g/mol. The largest absolute Gasteiger partial charge is 0.460 e. The molecule has 0 aromatic heterocycles. The Morgan fingerprint density at radius 1 is 0.607 bits per heavy atom. The Bertz CT molecular complexity index is 1930. The highest BCUT2D eigenvalue weighted by Crippen LogP contribution is 2.48. The van der Waals surface area contributed by atoms with Crippen molar-refractivity contribution in [3.63, 3.8) is 0 Å². The zero-order valence-electron chi connectivity index (χ0n) is 36.8. The van der Waals surface area contributed by atoms with Gasteiger partial charge in [0.15, 0.2) is 5.78 Å². The summed E-state index contributed by atoms with van der Waals surface area (Å²) in [5.74, 6) is -3.75. The van der Waals surface area contributed by atoms with Gasteiger partial charge in [-0.1, -0.05) is 136 Å². The second kappa shape index (κ2) is 22.4. The summed E-state index contributed by atoms with van der Waals surface area (Å²) < 4.78 is 16.1. The maximum atomic E-state index is 14.5. The first kappa shape index (κ1) is 48.2. The summed E-state index contributed by atoms with van der Waals surface area (Å²) in [7, 11) is 0. The number of carbonyl (C=O) groups excluding carboxylic acids is 5. The fourth-order valence-electron chi connectivity index (χ4n) is 6.87. The van der Waals surface area contributed by atoms with Crippen LogP contribution in [-0.4, -0.2) is 58.8 Å². The molecule has 0 saturated heterocycles. The van der Waals surface area contributed by atoms with Crippen LogP contribution in [0.15, 0.2) is 115 Å². The Hall–Kier alpha value is -5.42. The van der Waals surface area contributed by atoms with Crippen LogP contribution in [0.5, 0.6) is 0 Å². The number of hydrogen-bond donors (Lipinski definition) is 2. The lowest BCUT2D eigenvalue weighted by molar-refractivity contribution is -0.157. The smallest absolute Gasteiger partial charge is 0.408 e. The molecule has 0 aliphatic carbocycles. The average molecular weight is 851 g/mol. The maximum absolute atomic E-state index is 14.5. The van der Waals surface area contributed by atoms with E-state index in [2.05, 4.69) is 17.6 Å². The molecule has 10 nitrogen and oxygen atoms in total. The van der Waals surface area contributed by atoms with Crippen LogP contribution in [0.25, 0.3) is 0 Å². The van der Waals surface area contributed by atoms with Gasteiger partial charge in [-0.2, -0.15) is 0 Å². The van der Waals surface area contributed by atoms with E-state index in [1.54, 1.807) is 48.5 Å². The lowest BCUT2D eigenvalue weighted by Gasteiger charge is -2.36. The van der Waals surface area contributed by atoms with E-state index < -0.39 is 76.5 Å². The molecule has 0 spiro atoms. The zero-order valence-corrected chi connectivity index (χ0v) is 37.6. The number of ketones is 1. The number of rotatable bonds is 20. The predicted octanol–water partition coefficient (Wildman–Crippen LogP) is 9.50. The molecule has 0 bridgehead atoms. The van der Waals surface area contributed by atoms with Crippen LogP contribution in [0.3, 0.4) is 0 Å². The molecule has 4 rings (SSSR count). The topological polar surface area (TPSA) is 137 Å². The third-order valence-electron chi connectivity index (χ3n) is 9.69. The van der Waals surface area contributed by atoms with Crippen molar-refractivity contribution in [2.45, 2.75) is 122 Å². The maximum Gasteiger partial charge on any atom is 0.408 e. The van der Waals surface area contributed by atoms with Gasteiger partial charge in [-0.25, -0.2) is 9.59 Å². The number of alkyl carbamates (subject to hydrolysis) is 1. The van der Waals surface area contributed by atoms with Gasteiger partial charge in [0.2, 0.25) is 5.91 Å². The minimum atomic E-state index is -1.25. The van der Waals surface area contributed by atoms with Crippen LogP contribution in [0.2, 0.25) is 0 Å². The Balaban J connectivity index is 1.72. The fraction of sp³-hybridized carbons (Fsp3) is 0.420. The summed E-state index contributed by atoms with van der Waals surface area (Å²) in [6, 6.07) is 35.5. The number of amides is 2. The average Bonchev–Trinajstić information content (AvgIpc) is 3.21. The van der Waals surface area contributed by atoms with E-state index in [0.717, 1.165) is 35.1 Å². The van der Waals surface area contributed by atoms with Gasteiger partial charge in [-0.05, 0) is 82.2 Å². The van der Waals surface area contributed by atoms with Gasteiger partial charge in [0.25, 0.3) is 0 Å². The summed E-state index contributed by atoms with van der Waals surface area (Å²) >= 11 is 1.47. The number of hydrogen-bond acceptors (Lipinski definition) is 9. The quantitative estimate of drug-likeness (QED) is 0.0506. The molecule has 11 heteroatoms. The third-order valence-corrected chi connectivity index (χ3v) is 11.3. The van der Waals surface area contributed by atoms with E-state index in [4.69, 9.17) is 14.2 Å². The molecule has 0 aliphatic heterocycles. The number of benzene rings is 4. The first-order valence-electron chi connectivity index (χ1n) is 21.0. The van der Waals surface area contributed by atoms with Crippen LogP contribution >= 0.6 is 11.8 Å². The van der Waals surface area contributed by atoms with Crippen LogP contribution < -0.4 is 10.6 Å². The Kier molecular flexibility index (Phi) is 17.7. The van der Waals surface area contributed by atoms with Crippen molar-refractivity contribution in [2.75, 3.05) is 5.75 Å². The lowest BCUT2D eigenvalue weighted by Crippen LogP contribution is -2.49. The van der Waals surface area contributed by atoms with Crippen molar-refractivity contribution >= 4 is 41.5 Å². The fourth-order valence-corrected chi connectivity index (χ4v) is 8.41. The van der Waals surface area contributed by atoms with Gasteiger partial charge in [0.05, 0.1) is 23.1 Å². The van der Waals surface area contributed by atoms with Gasteiger partial charge in [-0.3, -0.25) is 14.4 Å². The molecule has 4 aromatic rings. The van der Waals surface area contributed by atoms with Crippen molar-refractivity contribution in [3.05, 3.63) is 143 Å². The highest BCUT2D eigenvalue weighted by Gasteiger charge is 2.40. The summed E-state index contributed by atoms with van der Waals surface area (Å²) in [5.41, 5.74) is 3.17. The summed E-state index contributed by atoms with van der Waals surface area (Å²) in [6.45, 7) is 14.1. The number of nitrogens with one attached hydrogen (secondary N) is 2. The number of ether oxygens (including phenoxy) is 3. The van der Waals surface area contributed by atoms with E-state index in [1.165, 1.54) is 17.3 Å². The van der Waals surface area contributed by atoms with Crippen molar-refractivity contribution in [3.8, 4) is 0 Å².